The van der Waals surface area contributed by atoms with Crippen LogP contribution in [-0.4, -0.2) is 23.3 Å². The Morgan fingerprint density at radius 1 is 1.40 bits per heavy atom. The van der Waals surface area contributed by atoms with E-state index in [1.165, 1.54) is 0 Å². The van der Waals surface area contributed by atoms with Crippen molar-refractivity contribution in [2.75, 3.05) is 6.61 Å². The first kappa shape index (κ1) is 15.0. The van der Waals surface area contributed by atoms with Crippen LogP contribution >= 0.6 is 0 Å². The Kier molecular flexibility index (Phi) is 3.89. The first-order valence-electron chi connectivity index (χ1n) is 6.85. The van der Waals surface area contributed by atoms with Gasteiger partial charge < -0.3 is 14.6 Å². The molecule has 2 rings (SSSR count). The van der Waals surface area contributed by atoms with Crippen LogP contribution in [0.4, 0.5) is 0 Å². The summed E-state index contributed by atoms with van der Waals surface area (Å²) in [5.41, 5.74) is -0.241. The van der Waals surface area contributed by atoms with Gasteiger partial charge in [-0.25, -0.2) is 0 Å². The highest BCUT2D eigenvalue weighted by Crippen LogP contribution is 2.37. The van der Waals surface area contributed by atoms with Crippen LogP contribution in [0.5, 0.6) is 0 Å². The van der Waals surface area contributed by atoms with Crippen molar-refractivity contribution in [2.24, 2.45) is 5.92 Å². The summed E-state index contributed by atoms with van der Waals surface area (Å²) < 4.78 is 10.8. The largest absolute Gasteiger partial charge is 0.460 e. The Bertz CT molecular complexity index is 503. The molecule has 0 fully saturated rings. The van der Waals surface area contributed by atoms with Crippen molar-refractivity contribution in [3.05, 3.63) is 35.4 Å². The lowest BCUT2D eigenvalue weighted by molar-refractivity contribution is -0.177. The van der Waals surface area contributed by atoms with Crippen LogP contribution in [0.3, 0.4) is 0 Å². The SMILES string of the molecule is CC(C(=O)OC(C)(C)C)C1(O)COCc2ccccc21. The highest BCUT2D eigenvalue weighted by Gasteiger charge is 2.45. The Labute approximate surface area is 119 Å². The van der Waals surface area contributed by atoms with Crippen molar-refractivity contribution in [2.45, 2.75) is 45.5 Å². The molecule has 1 aliphatic rings. The van der Waals surface area contributed by atoms with E-state index in [1.54, 1.807) is 6.92 Å². The molecule has 0 amide bonds. The van der Waals surface area contributed by atoms with Crippen molar-refractivity contribution < 1.29 is 19.4 Å². The van der Waals surface area contributed by atoms with Crippen LogP contribution in [0.15, 0.2) is 24.3 Å². The van der Waals surface area contributed by atoms with E-state index < -0.39 is 23.1 Å². The average Bonchev–Trinajstić information content (AvgIpc) is 2.36. The molecule has 1 aromatic rings. The van der Waals surface area contributed by atoms with Crippen molar-refractivity contribution in [3.63, 3.8) is 0 Å². The minimum absolute atomic E-state index is 0.102. The molecule has 2 unspecified atom stereocenters. The highest BCUT2D eigenvalue weighted by molar-refractivity contribution is 5.74. The molecule has 1 aliphatic heterocycles. The number of hydrogen-bond donors (Lipinski definition) is 1. The maximum Gasteiger partial charge on any atom is 0.312 e. The number of rotatable bonds is 2. The summed E-state index contributed by atoms with van der Waals surface area (Å²) in [6, 6.07) is 7.50. The molecular formula is C16H22O4. The van der Waals surface area contributed by atoms with E-state index in [9.17, 15) is 9.90 Å². The molecule has 0 saturated heterocycles. The van der Waals surface area contributed by atoms with Crippen LogP contribution < -0.4 is 0 Å². The van der Waals surface area contributed by atoms with E-state index >= 15 is 0 Å². The molecule has 1 heterocycles. The summed E-state index contributed by atoms with van der Waals surface area (Å²) in [6.45, 7) is 7.68. The summed E-state index contributed by atoms with van der Waals surface area (Å²) in [4.78, 5) is 12.2. The van der Waals surface area contributed by atoms with Gasteiger partial charge in [-0.05, 0) is 38.8 Å². The van der Waals surface area contributed by atoms with Gasteiger partial charge in [0.25, 0.3) is 0 Å². The fourth-order valence-corrected chi connectivity index (χ4v) is 2.41. The molecule has 0 aromatic heterocycles. The zero-order valence-corrected chi connectivity index (χ0v) is 12.5. The number of fused-ring (bicyclic) bond motifs is 1. The molecule has 4 nitrogen and oxygen atoms in total. The third-order valence-electron chi connectivity index (χ3n) is 3.54. The molecule has 2 atom stereocenters. The van der Waals surface area contributed by atoms with Gasteiger partial charge in [-0.15, -0.1) is 0 Å². The molecule has 0 spiro atoms. The second-order valence-corrected chi connectivity index (χ2v) is 6.33. The summed E-state index contributed by atoms with van der Waals surface area (Å²) in [5.74, 6) is -1.11. The van der Waals surface area contributed by atoms with Crippen LogP contribution in [0.1, 0.15) is 38.8 Å². The molecule has 4 heteroatoms. The first-order valence-corrected chi connectivity index (χ1v) is 6.85. The van der Waals surface area contributed by atoms with Crippen molar-refractivity contribution in [1.82, 2.24) is 0 Å². The van der Waals surface area contributed by atoms with E-state index in [4.69, 9.17) is 9.47 Å². The summed E-state index contributed by atoms with van der Waals surface area (Å²) in [6.07, 6.45) is 0. The summed E-state index contributed by atoms with van der Waals surface area (Å²) >= 11 is 0. The zero-order chi connectivity index (χ0) is 15.0. The van der Waals surface area contributed by atoms with Gasteiger partial charge in [0.2, 0.25) is 0 Å². The Balaban J connectivity index is 2.30. The minimum Gasteiger partial charge on any atom is -0.460 e. The summed E-state index contributed by atoms with van der Waals surface area (Å²) in [7, 11) is 0. The Morgan fingerprint density at radius 2 is 2.05 bits per heavy atom. The minimum atomic E-state index is -1.34. The summed E-state index contributed by atoms with van der Waals surface area (Å²) in [5, 5.41) is 10.9. The van der Waals surface area contributed by atoms with Gasteiger partial charge in [0, 0.05) is 0 Å². The Hall–Kier alpha value is -1.39. The number of benzene rings is 1. The van der Waals surface area contributed by atoms with E-state index in [1.807, 2.05) is 45.0 Å². The molecule has 20 heavy (non-hydrogen) atoms. The maximum absolute atomic E-state index is 12.2. The third kappa shape index (κ3) is 2.86. The number of aliphatic hydroxyl groups is 1. The molecule has 0 aliphatic carbocycles. The second-order valence-electron chi connectivity index (χ2n) is 6.33. The fraction of sp³-hybridized carbons (Fsp3) is 0.562. The van der Waals surface area contributed by atoms with Crippen LogP contribution in [0.25, 0.3) is 0 Å². The van der Waals surface area contributed by atoms with Gasteiger partial charge in [0.1, 0.15) is 11.2 Å². The van der Waals surface area contributed by atoms with Gasteiger partial charge in [0.15, 0.2) is 0 Å². The van der Waals surface area contributed by atoms with Gasteiger partial charge in [-0.2, -0.15) is 0 Å². The van der Waals surface area contributed by atoms with Gasteiger partial charge in [-0.1, -0.05) is 24.3 Å². The average molecular weight is 278 g/mol. The van der Waals surface area contributed by atoms with Crippen LogP contribution in [0, 0.1) is 5.92 Å². The quantitative estimate of drug-likeness (QED) is 0.844. The van der Waals surface area contributed by atoms with Crippen LogP contribution in [0.2, 0.25) is 0 Å². The predicted octanol–water partition coefficient (Wildman–Crippen LogP) is 2.38. The molecule has 0 bridgehead atoms. The normalized spacial score (nSPS) is 23.9. The van der Waals surface area contributed by atoms with E-state index in [-0.39, 0.29) is 6.61 Å². The highest BCUT2D eigenvalue weighted by atomic mass is 16.6. The lowest BCUT2D eigenvalue weighted by Gasteiger charge is -2.38. The zero-order valence-electron chi connectivity index (χ0n) is 12.5. The van der Waals surface area contributed by atoms with E-state index in [2.05, 4.69) is 0 Å². The number of esters is 1. The molecular weight excluding hydrogens is 256 g/mol. The topological polar surface area (TPSA) is 55.8 Å². The number of carbonyl (C=O) groups is 1. The van der Waals surface area contributed by atoms with Gasteiger partial charge >= 0.3 is 5.97 Å². The lowest BCUT2D eigenvalue weighted by Crippen LogP contribution is -2.46. The van der Waals surface area contributed by atoms with E-state index in [0.29, 0.717) is 6.61 Å². The van der Waals surface area contributed by atoms with Gasteiger partial charge in [0.05, 0.1) is 19.1 Å². The monoisotopic (exact) mass is 278 g/mol. The van der Waals surface area contributed by atoms with Crippen molar-refractivity contribution in [1.29, 1.82) is 0 Å². The van der Waals surface area contributed by atoms with E-state index in [0.717, 1.165) is 11.1 Å². The number of ether oxygens (including phenoxy) is 2. The molecule has 0 saturated carbocycles. The Morgan fingerprint density at radius 3 is 2.70 bits per heavy atom. The van der Waals surface area contributed by atoms with Crippen LogP contribution in [-0.2, 0) is 26.5 Å². The van der Waals surface area contributed by atoms with Crippen molar-refractivity contribution in [3.8, 4) is 0 Å². The second kappa shape index (κ2) is 5.19. The molecule has 1 N–H and O–H groups in total. The third-order valence-corrected chi connectivity index (χ3v) is 3.54. The first-order chi connectivity index (χ1) is 9.24. The van der Waals surface area contributed by atoms with Crippen molar-refractivity contribution >= 4 is 5.97 Å². The molecule has 0 radical (unpaired) electrons. The maximum atomic E-state index is 12.2. The predicted molar refractivity (Wildman–Crippen MR) is 75.0 cm³/mol. The fourth-order valence-electron chi connectivity index (χ4n) is 2.41. The number of carbonyl (C=O) groups excluding carboxylic acids is 1. The standard InChI is InChI=1S/C16H22O4/c1-11(14(17)20-15(2,3)4)16(18)10-19-9-12-7-5-6-8-13(12)16/h5-8,11,18H,9-10H2,1-4H3. The lowest BCUT2D eigenvalue weighted by atomic mass is 9.79. The smallest absolute Gasteiger partial charge is 0.312 e. The molecule has 1 aromatic carbocycles. The number of hydrogen-bond acceptors (Lipinski definition) is 4. The molecule has 110 valence electrons. The van der Waals surface area contributed by atoms with Gasteiger partial charge in [-0.3, -0.25) is 4.79 Å².